The van der Waals surface area contributed by atoms with Crippen LogP contribution in [-0.4, -0.2) is 60.5 Å². The molecular weight excluding hydrogens is 705 g/mol. The first-order valence-corrected chi connectivity index (χ1v) is 21.7. The first-order valence-electron chi connectivity index (χ1n) is 20.2. The molecule has 0 aliphatic heterocycles. The van der Waals surface area contributed by atoms with Crippen LogP contribution in [0, 0.1) is 0 Å². The van der Waals surface area contributed by atoms with Crippen LogP contribution in [-0.2, 0) is 32.7 Å². The van der Waals surface area contributed by atoms with Crippen LogP contribution in [0.5, 0.6) is 0 Å². The summed E-state index contributed by atoms with van der Waals surface area (Å²) in [5, 5.41) is 10.2. The summed E-state index contributed by atoms with van der Waals surface area (Å²) in [6, 6.07) is 0. The highest BCUT2D eigenvalue weighted by atomic mass is 31.2. The molecular formula is C43H72NO9P. The maximum Gasteiger partial charge on any atom is 0.472 e. The Balaban J connectivity index is 4.47. The fraction of sp³-hybridized carbons (Fsp3) is 0.628. The molecule has 0 saturated carbocycles. The molecule has 0 heterocycles. The fourth-order valence-electron chi connectivity index (χ4n) is 4.87. The van der Waals surface area contributed by atoms with Crippen LogP contribution in [0.1, 0.15) is 136 Å². The Kier molecular flexibility index (Phi) is 36.4. The number of aliphatic hydroxyl groups is 1. The van der Waals surface area contributed by atoms with Crippen LogP contribution >= 0.6 is 7.82 Å². The van der Waals surface area contributed by atoms with E-state index in [1.807, 2.05) is 12.2 Å². The number of nitrogens with two attached hydrogens (primary N) is 1. The lowest BCUT2D eigenvalue weighted by atomic mass is 10.1. The van der Waals surface area contributed by atoms with E-state index in [0.717, 1.165) is 51.4 Å². The van der Waals surface area contributed by atoms with Crippen LogP contribution in [0.25, 0.3) is 0 Å². The zero-order valence-electron chi connectivity index (χ0n) is 33.3. The van der Waals surface area contributed by atoms with Crippen LogP contribution in [0.3, 0.4) is 0 Å². The van der Waals surface area contributed by atoms with E-state index in [9.17, 15) is 24.2 Å². The predicted molar refractivity (Wildman–Crippen MR) is 221 cm³/mol. The Hall–Kier alpha value is -2.85. The lowest BCUT2D eigenvalue weighted by Gasteiger charge is -2.20. The second-order valence-electron chi connectivity index (χ2n) is 13.0. The monoisotopic (exact) mass is 777 g/mol. The number of phosphoric ester groups is 1. The van der Waals surface area contributed by atoms with Gasteiger partial charge in [0.25, 0.3) is 0 Å². The molecule has 308 valence electrons. The van der Waals surface area contributed by atoms with Crippen molar-refractivity contribution in [2.24, 2.45) is 5.73 Å². The smallest absolute Gasteiger partial charge is 0.462 e. The van der Waals surface area contributed by atoms with Crippen molar-refractivity contribution in [3.63, 3.8) is 0 Å². The van der Waals surface area contributed by atoms with Crippen molar-refractivity contribution in [1.29, 1.82) is 0 Å². The first kappa shape index (κ1) is 51.1. The Labute approximate surface area is 326 Å². The van der Waals surface area contributed by atoms with E-state index in [2.05, 4.69) is 74.6 Å². The molecule has 0 amide bonds. The number of rotatable bonds is 36. The predicted octanol–water partition coefficient (Wildman–Crippen LogP) is 10.2. The second-order valence-corrected chi connectivity index (χ2v) is 14.4. The van der Waals surface area contributed by atoms with Crippen molar-refractivity contribution in [1.82, 2.24) is 0 Å². The lowest BCUT2D eigenvalue weighted by molar-refractivity contribution is -0.161. The zero-order valence-corrected chi connectivity index (χ0v) is 34.2. The second kappa shape index (κ2) is 38.4. The topological polar surface area (TPSA) is 155 Å². The molecule has 0 aliphatic carbocycles. The third-order valence-corrected chi connectivity index (χ3v) is 8.85. The zero-order chi connectivity index (χ0) is 39.8. The molecule has 0 spiro atoms. The standard InChI is InChI=1S/C43H72NO9P/c1-3-5-7-9-11-13-15-17-18-20-22-24-26-28-30-34-43(47)53-41(39-52-54(48,49)51-37-36-44)38-50-42(46)35-31-33-40(45)32-29-27-25-23-21-19-16-14-12-10-8-6-4-2/h5,7,11,13,17-19,21-22,24-25,27,29,32,40-41,45H,3-4,6,8-10,12,14-16,20,23,26,28,30-31,33-39,44H2,1-2H3,(H,48,49)/b7-5-,13-11-,18-17-,21-19+,24-22-,27-25+,32-29+/t40?,41-/m1/s1. The van der Waals surface area contributed by atoms with Gasteiger partial charge in [-0.3, -0.25) is 18.6 Å². The molecule has 54 heavy (non-hydrogen) atoms. The highest BCUT2D eigenvalue weighted by Gasteiger charge is 2.26. The molecule has 2 unspecified atom stereocenters. The van der Waals surface area contributed by atoms with E-state index in [1.165, 1.54) is 38.5 Å². The summed E-state index contributed by atoms with van der Waals surface area (Å²) in [6.07, 6.45) is 43.7. The number of hydrogen-bond acceptors (Lipinski definition) is 9. The average molecular weight is 778 g/mol. The number of phosphoric acid groups is 1. The summed E-state index contributed by atoms with van der Waals surface area (Å²) in [5.41, 5.74) is 5.32. The lowest BCUT2D eigenvalue weighted by Crippen LogP contribution is -2.29. The minimum Gasteiger partial charge on any atom is -0.462 e. The van der Waals surface area contributed by atoms with E-state index < -0.39 is 38.6 Å². The van der Waals surface area contributed by atoms with Crippen molar-refractivity contribution < 1.29 is 42.7 Å². The van der Waals surface area contributed by atoms with Crippen LogP contribution in [0.2, 0.25) is 0 Å². The van der Waals surface area contributed by atoms with Gasteiger partial charge in [-0.15, -0.1) is 0 Å². The molecule has 0 saturated heterocycles. The largest absolute Gasteiger partial charge is 0.472 e. The minimum atomic E-state index is -4.43. The molecule has 0 aromatic heterocycles. The molecule has 0 aromatic rings. The molecule has 0 aromatic carbocycles. The molecule has 4 N–H and O–H groups in total. The summed E-state index contributed by atoms with van der Waals surface area (Å²) in [4.78, 5) is 34.8. The quantitative estimate of drug-likeness (QED) is 0.0184. The van der Waals surface area contributed by atoms with Gasteiger partial charge in [0.1, 0.15) is 6.61 Å². The summed E-state index contributed by atoms with van der Waals surface area (Å²) < 4.78 is 32.5. The summed E-state index contributed by atoms with van der Waals surface area (Å²) in [5.74, 6) is -1.09. The Morgan fingerprint density at radius 2 is 1.24 bits per heavy atom. The normalized spacial score (nSPS) is 14.8. The number of aliphatic hydroxyl groups excluding tert-OH is 1. The van der Waals surface area contributed by atoms with Crippen molar-refractivity contribution in [3.05, 3.63) is 85.1 Å². The maximum atomic E-state index is 12.5. The van der Waals surface area contributed by atoms with Gasteiger partial charge in [0.15, 0.2) is 6.10 Å². The molecule has 0 aliphatic rings. The van der Waals surface area contributed by atoms with Gasteiger partial charge >= 0.3 is 19.8 Å². The van der Waals surface area contributed by atoms with Gasteiger partial charge in [0.2, 0.25) is 0 Å². The summed E-state index contributed by atoms with van der Waals surface area (Å²) in [7, 11) is -4.43. The summed E-state index contributed by atoms with van der Waals surface area (Å²) >= 11 is 0. The maximum absolute atomic E-state index is 12.5. The Morgan fingerprint density at radius 1 is 0.667 bits per heavy atom. The van der Waals surface area contributed by atoms with Crippen molar-refractivity contribution in [2.75, 3.05) is 26.4 Å². The minimum absolute atomic E-state index is 0.0169. The van der Waals surface area contributed by atoms with Gasteiger partial charge < -0.3 is 25.2 Å². The molecule has 3 atom stereocenters. The molecule has 0 fully saturated rings. The average Bonchev–Trinajstić information content (AvgIpc) is 3.15. The van der Waals surface area contributed by atoms with Gasteiger partial charge in [-0.05, 0) is 77.0 Å². The van der Waals surface area contributed by atoms with Crippen molar-refractivity contribution in [2.45, 2.75) is 148 Å². The SMILES string of the molecule is CC/C=C\C/C=C\C/C=C\C/C=C\CCCCC(=O)O[C@H](COC(=O)CCCC(O)/C=C/C=C/C/C=C/CCCCCCCC)COP(=O)(O)OCCN. The number of carbonyl (C=O) groups excluding carboxylic acids is 2. The number of unbranched alkanes of at least 4 members (excludes halogenated alkanes) is 8. The molecule has 0 radical (unpaired) electrons. The number of allylic oxidation sites excluding steroid dienone is 13. The van der Waals surface area contributed by atoms with Gasteiger partial charge in [-0.25, -0.2) is 4.57 Å². The fourth-order valence-corrected chi connectivity index (χ4v) is 5.63. The Bertz CT molecular complexity index is 1180. The van der Waals surface area contributed by atoms with Gasteiger partial charge in [-0.1, -0.05) is 131 Å². The van der Waals surface area contributed by atoms with E-state index >= 15 is 0 Å². The van der Waals surface area contributed by atoms with Crippen LogP contribution < -0.4 is 5.73 Å². The third kappa shape index (κ3) is 37.5. The van der Waals surface area contributed by atoms with Crippen LogP contribution in [0.15, 0.2) is 85.1 Å². The molecule has 11 heteroatoms. The number of esters is 2. The van der Waals surface area contributed by atoms with Gasteiger partial charge in [-0.2, -0.15) is 0 Å². The highest BCUT2D eigenvalue weighted by Crippen LogP contribution is 2.43. The number of carbonyl (C=O) groups is 2. The van der Waals surface area contributed by atoms with E-state index in [0.29, 0.717) is 19.3 Å². The van der Waals surface area contributed by atoms with E-state index in [1.54, 1.807) is 12.2 Å². The Morgan fingerprint density at radius 3 is 1.89 bits per heavy atom. The van der Waals surface area contributed by atoms with E-state index in [4.69, 9.17) is 24.3 Å². The third-order valence-electron chi connectivity index (χ3n) is 7.87. The van der Waals surface area contributed by atoms with Crippen LogP contribution in [0.4, 0.5) is 0 Å². The molecule has 0 rings (SSSR count). The molecule has 10 nitrogen and oxygen atoms in total. The van der Waals surface area contributed by atoms with Crippen molar-refractivity contribution in [3.8, 4) is 0 Å². The van der Waals surface area contributed by atoms with Gasteiger partial charge in [0, 0.05) is 19.4 Å². The number of hydrogen-bond donors (Lipinski definition) is 3. The summed E-state index contributed by atoms with van der Waals surface area (Å²) in [6.45, 7) is 3.31. The van der Waals surface area contributed by atoms with Gasteiger partial charge in [0.05, 0.1) is 19.3 Å². The number of ether oxygens (including phenoxy) is 2. The van der Waals surface area contributed by atoms with E-state index in [-0.39, 0.29) is 32.6 Å². The first-order chi connectivity index (χ1) is 26.2. The highest BCUT2D eigenvalue weighted by molar-refractivity contribution is 7.47. The van der Waals surface area contributed by atoms with Crippen molar-refractivity contribution >= 4 is 19.8 Å². The molecule has 0 bridgehead atoms.